The Hall–Kier alpha value is -0.960. The second-order valence-electron chi connectivity index (χ2n) is 7.58. The van der Waals surface area contributed by atoms with Gasteiger partial charge in [-0.05, 0) is 56.6 Å². The first-order valence-electron chi connectivity index (χ1n) is 9.62. The van der Waals surface area contributed by atoms with Crippen LogP contribution in [0.4, 0.5) is 0 Å². The number of nitrogens with zero attached hydrogens (tertiary/aromatic N) is 3. The van der Waals surface area contributed by atoms with Gasteiger partial charge in [0.2, 0.25) is 5.91 Å². The van der Waals surface area contributed by atoms with Gasteiger partial charge in [0, 0.05) is 38.1 Å². The van der Waals surface area contributed by atoms with Crippen LogP contribution >= 0.6 is 11.3 Å². The molecule has 0 N–H and O–H groups in total. The van der Waals surface area contributed by atoms with Crippen molar-refractivity contribution in [3.05, 3.63) is 17.5 Å². The summed E-state index contributed by atoms with van der Waals surface area (Å²) in [5, 5.41) is 1.79. The summed E-state index contributed by atoms with van der Waals surface area (Å²) < 4.78 is 27.2. The van der Waals surface area contributed by atoms with Crippen molar-refractivity contribution in [3.63, 3.8) is 0 Å². The van der Waals surface area contributed by atoms with Gasteiger partial charge in [0.25, 0.3) is 10.0 Å². The van der Waals surface area contributed by atoms with E-state index in [1.54, 1.807) is 21.8 Å². The average Bonchev–Trinajstić information content (AvgIpc) is 3.43. The lowest BCUT2D eigenvalue weighted by molar-refractivity contribution is -0.135. The van der Waals surface area contributed by atoms with Crippen molar-refractivity contribution in [2.24, 2.45) is 5.92 Å². The first-order chi connectivity index (χ1) is 12.6. The van der Waals surface area contributed by atoms with Gasteiger partial charge in [0.15, 0.2) is 0 Å². The van der Waals surface area contributed by atoms with Crippen molar-refractivity contribution in [2.75, 3.05) is 39.3 Å². The molecule has 4 heterocycles. The van der Waals surface area contributed by atoms with E-state index >= 15 is 0 Å². The van der Waals surface area contributed by atoms with Gasteiger partial charge in [-0.2, -0.15) is 4.31 Å². The summed E-state index contributed by atoms with van der Waals surface area (Å²) in [4.78, 5) is 17.4. The van der Waals surface area contributed by atoms with E-state index in [2.05, 4.69) is 4.90 Å². The van der Waals surface area contributed by atoms with Crippen LogP contribution in [0.25, 0.3) is 0 Å². The summed E-state index contributed by atoms with van der Waals surface area (Å²) in [6.07, 6.45) is 4.91. The summed E-state index contributed by atoms with van der Waals surface area (Å²) in [7, 11) is -3.39. The van der Waals surface area contributed by atoms with Gasteiger partial charge in [0.05, 0.1) is 0 Å². The van der Waals surface area contributed by atoms with E-state index < -0.39 is 10.0 Å². The Morgan fingerprint density at radius 1 is 1.04 bits per heavy atom. The molecule has 6 nitrogen and oxygen atoms in total. The molecule has 0 saturated carbocycles. The van der Waals surface area contributed by atoms with Crippen LogP contribution in [-0.4, -0.2) is 73.7 Å². The Labute approximate surface area is 159 Å². The summed E-state index contributed by atoms with van der Waals surface area (Å²) in [6.45, 7) is 4.94. The van der Waals surface area contributed by atoms with Crippen LogP contribution in [0.2, 0.25) is 0 Å². The van der Waals surface area contributed by atoms with E-state index in [1.165, 1.54) is 37.3 Å². The number of amides is 1. The predicted octanol–water partition coefficient (Wildman–Crippen LogP) is 1.85. The van der Waals surface area contributed by atoms with Gasteiger partial charge in [-0.3, -0.25) is 9.69 Å². The Kier molecular flexibility index (Phi) is 5.36. The second-order valence-corrected chi connectivity index (χ2v) is 10.7. The van der Waals surface area contributed by atoms with Crippen molar-refractivity contribution >= 4 is 27.3 Å². The maximum atomic E-state index is 12.9. The fourth-order valence-electron chi connectivity index (χ4n) is 4.49. The van der Waals surface area contributed by atoms with E-state index in [0.29, 0.717) is 36.2 Å². The van der Waals surface area contributed by atoms with E-state index in [-0.39, 0.29) is 11.8 Å². The highest BCUT2D eigenvalue weighted by molar-refractivity contribution is 7.91. The average molecular weight is 398 g/mol. The molecule has 4 rings (SSSR count). The number of sulfonamides is 1. The van der Waals surface area contributed by atoms with E-state index in [9.17, 15) is 13.2 Å². The second kappa shape index (κ2) is 7.58. The van der Waals surface area contributed by atoms with Gasteiger partial charge < -0.3 is 4.90 Å². The summed E-state index contributed by atoms with van der Waals surface area (Å²) in [5.41, 5.74) is 0. The molecule has 3 aliphatic rings. The minimum absolute atomic E-state index is 0.0258. The molecule has 0 radical (unpaired) electrons. The zero-order chi connectivity index (χ0) is 18.1. The molecule has 0 bridgehead atoms. The maximum Gasteiger partial charge on any atom is 0.252 e. The van der Waals surface area contributed by atoms with E-state index in [4.69, 9.17) is 0 Å². The Morgan fingerprint density at radius 2 is 1.77 bits per heavy atom. The van der Waals surface area contributed by atoms with Crippen LogP contribution in [0.1, 0.15) is 32.1 Å². The van der Waals surface area contributed by atoms with Gasteiger partial charge in [0.1, 0.15) is 4.21 Å². The van der Waals surface area contributed by atoms with Crippen LogP contribution in [0.5, 0.6) is 0 Å². The highest BCUT2D eigenvalue weighted by Crippen LogP contribution is 2.29. The number of piperidine rings is 1. The normalized spacial score (nSPS) is 26.6. The third-order valence-corrected chi connectivity index (χ3v) is 9.30. The van der Waals surface area contributed by atoms with Crippen LogP contribution in [0.3, 0.4) is 0 Å². The number of hydrogen-bond acceptors (Lipinski definition) is 5. The third-order valence-electron chi connectivity index (χ3n) is 6.02. The van der Waals surface area contributed by atoms with E-state index in [0.717, 1.165) is 19.5 Å². The summed E-state index contributed by atoms with van der Waals surface area (Å²) in [6, 6.07) is 3.94. The van der Waals surface area contributed by atoms with Crippen LogP contribution in [0.15, 0.2) is 21.7 Å². The number of thiophene rings is 1. The molecule has 3 saturated heterocycles. The minimum atomic E-state index is -3.39. The van der Waals surface area contributed by atoms with Gasteiger partial charge >= 0.3 is 0 Å². The van der Waals surface area contributed by atoms with Crippen molar-refractivity contribution < 1.29 is 13.2 Å². The predicted molar refractivity (Wildman–Crippen MR) is 102 cm³/mol. The number of carbonyl (C=O) groups is 1. The number of rotatable bonds is 4. The van der Waals surface area contributed by atoms with Crippen molar-refractivity contribution in [1.29, 1.82) is 0 Å². The van der Waals surface area contributed by atoms with Crippen LogP contribution in [-0.2, 0) is 14.8 Å². The highest BCUT2D eigenvalue weighted by atomic mass is 32.2. The fourth-order valence-corrected chi connectivity index (χ4v) is 7.10. The lowest BCUT2D eigenvalue weighted by atomic mass is 9.96. The van der Waals surface area contributed by atoms with Crippen molar-refractivity contribution in [1.82, 2.24) is 14.1 Å². The molecular formula is C18H27N3O3S2. The standard InChI is InChI=1S/C18H27N3O3S2/c22-18(20-10-7-16(14-20)19-8-1-2-9-19)15-5-11-21(12-6-15)26(23,24)17-4-3-13-25-17/h3-4,13,15-16H,1-2,5-12,14H2. The van der Waals surface area contributed by atoms with Crippen molar-refractivity contribution in [3.8, 4) is 0 Å². The number of carbonyl (C=O) groups excluding carboxylic acids is 1. The summed E-state index contributed by atoms with van der Waals surface area (Å²) >= 11 is 1.25. The first-order valence-corrected chi connectivity index (χ1v) is 11.9. The molecule has 0 spiro atoms. The SMILES string of the molecule is O=C(C1CCN(S(=O)(=O)c2cccs2)CC1)N1CCC(N2CCCC2)C1. The molecule has 144 valence electrons. The zero-order valence-electron chi connectivity index (χ0n) is 15.0. The van der Waals surface area contributed by atoms with E-state index in [1.807, 2.05) is 4.90 Å². The molecule has 1 atom stereocenters. The molecule has 3 aliphatic heterocycles. The molecule has 0 aliphatic carbocycles. The first kappa shape index (κ1) is 18.4. The molecule has 1 unspecified atom stereocenters. The van der Waals surface area contributed by atoms with Gasteiger partial charge in [-0.25, -0.2) is 8.42 Å². The van der Waals surface area contributed by atoms with Crippen molar-refractivity contribution in [2.45, 2.75) is 42.4 Å². The Morgan fingerprint density at radius 3 is 2.42 bits per heavy atom. The highest BCUT2D eigenvalue weighted by Gasteiger charge is 2.37. The molecule has 1 aromatic heterocycles. The quantitative estimate of drug-likeness (QED) is 0.778. The monoisotopic (exact) mass is 397 g/mol. The molecule has 0 aromatic carbocycles. The fraction of sp³-hybridized carbons (Fsp3) is 0.722. The minimum Gasteiger partial charge on any atom is -0.341 e. The summed E-state index contributed by atoms with van der Waals surface area (Å²) in [5.74, 6) is 0.210. The third kappa shape index (κ3) is 3.56. The lowest BCUT2D eigenvalue weighted by Crippen LogP contribution is -2.44. The van der Waals surface area contributed by atoms with Crippen LogP contribution in [0, 0.1) is 5.92 Å². The largest absolute Gasteiger partial charge is 0.341 e. The molecular weight excluding hydrogens is 370 g/mol. The zero-order valence-corrected chi connectivity index (χ0v) is 16.7. The molecule has 8 heteroatoms. The molecule has 1 aromatic rings. The molecule has 1 amide bonds. The number of likely N-dealkylation sites (tertiary alicyclic amines) is 2. The van der Waals surface area contributed by atoms with Gasteiger partial charge in [-0.1, -0.05) is 6.07 Å². The maximum absolute atomic E-state index is 12.9. The number of hydrogen-bond donors (Lipinski definition) is 0. The smallest absolute Gasteiger partial charge is 0.252 e. The van der Waals surface area contributed by atoms with Crippen LogP contribution < -0.4 is 0 Å². The van der Waals surface area contributed by atoms with Gasteiger partial charge in [-0.15, -0.1) is 11.3 Å². The Bertz CT molecular complexity index is 721. The lowest BCUT2D eigenvalue weighted by Gasteiger charge is -2.32. The molecule has 3 fully saturated rings. The topological polar surface area (TPSA) is 60.9 Å². The molecule has 26 heavy (non-hydrogen) atoms. The Balaban J connectivity index is 1.31.